The Bertz CT molecular complexity index is 2860. The number of nitrogens with zero attached hydrogens (tertiary/aromatic N) is 1. The van der Waals surface area contributed by atoms with Gasteiger partial charge in [0.25, 0.3) is 0 Å². The van der Waals surface area contributed by atoms with Gasteiger partial charge in [0.15, 0.2) is 0 Å². The Kier molecular flexibility index (Phi) is 7.18. The van der Waals surface area contributed by atoms with Gasteiger partial charge in [-0.05, 0) is 97.7 Å². The summed E-state index contributed by atoms with van der Waals surface area (Å²) in [6.07, 6.45) is 0. The molecule has 0 saturated heterocycles. The summed E-state index contributed by atoms with van der Waals surface area (Å²) in [4.78, 5) is 2.37. The molecule has 0 fully saturated rings. The Labute approximate surface area is 302 Å². The minimum atomic E-state index is 0.873. The second-order valence-corrected chi connectivity index (χ2v) is 13.3. The van der Waals surface area contributed by atoms with E-state index in [1.807, 2.05) is 18.2 Å². The van der Waals surface area contributed by atoms with Gasteiger partial charge < -0.3 is 9.32 Å². The zero-order chi connectivity index (χ0) is 34.4. The molecule has 0 amide bonds. The van der Waals surface area contributed by atoms with E-state index >= 15 is 0 Å². The topological polar surface area (TPSA) is 16.4 Å². The van der Waals surface area contributed by atoms with E-state index < -0.39 is 0 Å². The van der Waals surface area contributed by atoms with Gasteiger partial charge in [-0.1, -0.05) is 152 Å². The van der Waals surface area contributed by atoms with E-state index in [0.717, 1.165) is 50.5 Å². The fourth-order valence-corrected chi connectivity index (χ4v) is 7.68. The normalized spacial score (nSPS) is 11.5. The van der Waals surface area contributed by atoms with Gasteiger partial charge in [-0.2, -0.15) is 0 Å². The van der Waals surface area contributed by atoms with Gasteiger partial charge in [-0.25, -0.2) is 0 Å². The molecule has 2 heteroatoms. The minimum Gasteiger partial charge on any atom is -0.456 e. The van der Waals surface area contributed by atoms with Crippen molar-refractivity contribution in [1.82, 2.24) is 0 Å². The van der Waals surface area contributed by atoms with Gasteiger partial charge in [0.1, 0.15) is 11.3 Å². The van der Waals surface area contributed by atoms with Crippen LogP contribution in [0.15, 0.2) is 205 Å². The molecule has 0 aliphatic heterocycles. The number of benzene rings is 9. The number of furan rings is 1. The summed E-state index contributed by atoms with van der Waals surface area (Å²) < 4.78 is 6.31. The van der Waals surface area contributed by atoms with Gasteiger partial charge in [-0.15, -0.1) is 0 Å². The predicted octanol–water partition coefficient (Wildman–Crippen LogP) is 14.4. The fourth-order valence-electron chi connectivity index (χ4n) is 7.68. The van der Waals surface area contributed by atoms with Crippen LogP contribution in [0.3, 0.4) is 0 Å². The molecule has 0 aliphatic rings. The Balaban J connectivity index is 1.05. The molecular weight excluding hydrogens is 631 g/mol. The quantitative estimate of drug-likeness (QED) is 0.165. The Morgan fingerprint density at radius 3 is 1.65 bits per heavy atom. The van der Waals surface area contributed by atoms with Gasteiger partial charge in [0.05, 0.1) is 5.69 Å². The third-order valence-electron chi connectivity index (χ3n) is 10.3. The van der Waals surface area contributed by atoms with Crippen molar-refractivity contribution in [2.75, 3.05) is 4.90 Å². The predicted molar refractivity (Wildman–Crippen MR) is 220 cm³/mol. The van der Waals surface area contributed by atoms with Crippen LogP contribution < -0.4 is 4.90 Å². The highest BCUT2D eigenvalue weighted by Gasteiger charge is 2.17. The number of hydrogen-bond donors (Lipinski definition) is 0. The largest absolute Gasteiger partial charge is 0.456 e. The lowest BCUT2D eigenvalue weighted by atomic mass is 9.97. The lowest BCUT2D eigenvalue weighted by molar-refractivity contribution is 0.632. The summed E-state index contributed by atoms with van der Waals surface area (Å²) >= 11 is 0. The van der Waals surface area contributed by atoms with Crippen LogP contribution >= 0.6 is 0 Å². The van der Waals surface area contributed by atoms with Crippen LogP contribution in [-0.2, 0) is 0 Å². The maximum absolute atomic E-state index is 6.31. The van der Waals surface area contributed by atoms with E-state index in [1.165, 1.54) is 43.4 Å². The van der Waals surface area contributed by atoms with Crippen molar-refractivity contribution in [3.05, 3.63) is 200 Å². The molecule has 0 spiro atoms. The van der Waals surface area contributed by atoms with Crippen LogP contribution in [0.25, 0.3) is 76.9 Å². The fraction of sp³-hybridized carbons (Fsp3) is 0. The second kappa shape index (κ2) is 12.5. The first-order valence-electron chi connectivity index (χ1n) is 17.8. The van der Waals surface area contributed by atoms with Crippen LogP contribution in [0.4, 0.5) is 17.1 Å². The van der Waals surface area contributed by atoms with Crippen LogP contribution in [0.2, 0.25) is 0 Å². The van der Waals surface area contributed by atoms with Crippen LogP contribution in [0.5, 0.6) is 0 Å². The van der Waals surface area contributed by atoms with Crippen LogP contribution in [-0.4, -0.2) is 0 Å². The maximum atomic E-state index is 6.31. The minimum absolute atomic E-state index is 0.873. The Hall–Kier alpha value is -6.90. The average molecular weight is 664 g/mol. The lowest BCUT2D eigenvalue weighted by Gasteiger charge is -2.27. The van der Waals surface area contributed by atoms with E-state index in [1.54, 1.807) is 0 Å². The summed E-state index contributed by atoms with van der Waals surface area (Å²) in [7, 11) is 0. The van der Waals surface area contributed by atoms with Crippen molar-refractivity contribution in [2.24, 2.45) is 0 Å². The summed E-state index contributed by atoms with van der Waals surface area (Å²) in [5, 5.41) is 8.61. The first kappa shape index (κ1) is 30.0. The zero-order valence-corrected chi connectivity index (χ0v) is 28.4. The summed E-state index contributed by atoms with van der Waals surface area (Å²) in [5.41, 5.74) is 9.97. The van der Waals surface area contributed by atoms with Crippen molar-refractivity contribution in [1.29, 1.82) is 0 Å². The number of rotatable bonds is 6. The van der Waals surface area contributed by atoms with Gasteiger partial charge in [0.2, 0.25) is 0 Å². The number of hydrogen-bond acceptors (Lipinski definition) is 2. The van der Waals surface area contributed by atoms with E-state index in [-0.39, 0.29) is 0 Å². The smallest absolute Gasteiger partial charge is 0.136 e. The molecule has 244 valence electrons. The van der Waals surface area contributed by atoms with Crippen LogP contribution in [0.1, 0.15) is 0 Å². The molecule has 0 bridgehead atoms. The Morgan fingerprint density at radius 2 is 0.885 bits per heavy atom. The molecule has 52 heavy (non-hydrogen) atoms. The van der Waals surface area contributed by atoms with Gasteiger partial charge in [0, 0.05) is 27.7 Å². The molecule has 0 aliphatic carbocycles. The molecule has 2 nitrogen and oxygen atoms in total. The Morgan fingerprint density at radius 1 is 0.327 bits per heavy atom. The molecule has 1 heterocycles. The second-order valence-electron chi connectivity index (χ2n) is 13.3. The highest BCUT2D eigenvalue weighted by molar-refractivity contribution is 6.08. The number of anilines is 3. The SMILES string of the molecule is c1ccc(-c2cc3ccccc3o2)c(-c2ccc(N(c3ccc(-c4ccc5c(ccc6ccccc65)c4)cc3)c3cccc4ccccc34)cc2)c1. The summed E-state index contributed by atoms with van der Waals surface area (Å²) in [6.45, 7) is 0. The van der Waals surface area contributed by atoms with Crippen molar-refractivity contribution in [3.63, 3.8) is 0 Å². The lowest BCUT2D eigenvalue weighted by Crippen LogP contribution is -2.10. The average Bonchev–Trinajstić information content (AvgIpc) is 3.66. The number of para-hydroxylation sites is 1. The first-order valence-corrected chi connectivity index (χ1v) is 17.8. The standard InChI is InChI=1S/C50H33NO/c1-4-14-43-36(11-1)20-21-39-32-38(26-31-45(39)43)34-22-27-41(28-23-34)51(48-18-9-13-35-10-2-5-16-46(35)48)42-29-24-37(25-30-42)44-15-6-7-17-47(44)50-33-40-12-3-8-19-49(40)52-50/h1-33H. The first-order chi connectivity index (χ1) is 25.8. The van der Waals surface area contributed by atoms with E-state index in [9.17, 15) is 0 Å². The third-order valence-corrected chi connectivity index (χ3v) is 10.3. The summed E-state index contributed by atoms with van der Waals surface area (Å²) in [5.74, 6) is 0.873. The molecule has 1 aromatic heterocycles. The molecule has 10 rings (SSSR count). The molecule has 0 saturated carbocycles. The third kappa shape index (κ3) is 5.21. The van der Waals surface area contributed by atoms with Crippen molar-refractivity contribution >= 4 is 60.3 Å². The summed E-state index contributed by atoms with van der Waals surface area (Å²) in [6, 6.07) is 71.7. The monoisotopic (exact) mass is 663 g/mol. The highest BCUT2D eigenvalue weighted by atomic mass is 16.3. The van der Waals surface area contributed by atoms with Crippen molar-refractivity contribution < 1.29 is 4.42 Å². The molecular formula is C50H33NO. The highest BCUT2D eigenvalue weighted by Crippen LogP contribution is 2.42. The zero-order valence-electron chi connectivity index (χ0n) is 28.4. The molecule has 0 radical (unpaired) electrons. The number of fused-ring (bicyclic) bond motifs is 5. The molecule has 0 unspecified atom stereocenters. The van der Waals surface area contributed by atoms with Crippen molar-refractivity contribution in [2.45, 2.75) is 0 Å². The molecule has 10 aromatic rings. The molecule has 0 N–H and O–H groups in total. The van der Waals surface area contributed by atoms with E-state index in [0.29, 0.717) is 0 Å². The van der Waals surface area contributed by atoms with E-state index in [4.69, 9.17) is 4.42 Å². The van der Waals surface area contributed by atoms with Gasteiger partial charge >= 0.3 is 0 Å². The van der Waals surface area contributed by atoms with E-state index in [2.05, 4.69) is 187 Å². The molecule has 0 atom stereocenters. The van der Waals surface area contributed by atoms with Gasteiger partial charge in [-0.3, -0.25) is 0 Å². The molecule has 9 aromatic carbocycles. The van der Waals surface area contributed by atoms with Crippen molar-refractivity contribution in [3.8, 4) is 33.6 Å². The van der Waals surface area contributed by atoms with Crippen LogP contribution in [0, 0.1) is 0 Å². The maximum Gasteiger partial charge on any atom is 0.136 e.